The molecule has 0 amide bonds. The van der Waals surface area contributed by atoms with E-state index in [4.69, 9.17) is 4.74 Å². The number of carbonyl (C=O) groups is 1. The summed E-state index contributed by atoms with van der Waals surface area (Å²) in [6.45, 7) is 2.04. The van der Waals surface area contributed by atoms with Gasteiger partial charge in [-0.1, -0.05) is 13.0 Å². The molecule has 0 radical (unpaired) electrons. The number of esters is 1. The van der Waals surface area contributed by atoms with Crippen LogP contribution in [0.15, 0.2) is 29.2 Å². The summed E-state index contributed by atoms with van der Waals surface area (Å²) in [5, 5.41) is 10.7. The van der Waals surface area contributed by atoms with Crippen molar-refractivity contribution in [2.75, 3.05) is 0 Å². The second-order valence-corrected chi connectivity index (χ2v) is 5.61. The van der Waals surface area contributed by atoms with Crippen LogP contribution in [0.4, 0.5) is 0 Å². The van der Waals surface area contributed by atoms with Crippen molar-refractivity contribution in [2.45, 2.75) is 32.1 Å². The molecular weight excluding hydrogens is 284 g/mol. The summed E-state index contributed by atoms with van der Waals surface area (Å²) in [6, 6.07) is 5.45. The smallest absolute Gasteiger partial charge is 0.343 e. The molecule has 4 heterocycles. The van der Waals surface area contributed by atoms with E-state index in [0.29, 0.717) is 23.4 Å². The van der Waals surface area contributed by atoms with Gasteiger partial charge in [-0.3, -0.25) is 9.78 Å². The number of hydrogen-bond donors (Lipinski definition) is 1. The van der Waals surface area contributed by atoms with Crippen LogP contribution in [0.2, 0.25) is 0 Å². The molecule has 2 aromatic rings. The Hall–Kier alpha value is -2.47. The zero-order chi connectivity index (χ0) is 15.5. The average molecular weight is 298 g/mol. The largest absolute Gasteiger partial charge is 0.458 e. The summed E-state index contributed by atoms with van der Waals surface area (Å²) in [6.07, 6.45) is 1.81. The monoisotopic (exact) mass is 298 g/mol. The Labute approximate surface area is 126 Å². The first-order valence-corrected chi connectivity index (χ1v) is 7.17. The molecule has 6 heteroatoms. The van der Waals surface area contributed by atoms with Crippen molar-refractivity contribution in [1.82, 2.24) is 9.55 Å². The van der Waals surface area contributed by atoms with Crippen molar-refractivity contribution in [3.8, 4) is 11.4 Å². The highest BCUT2D eigenvalue weighted by Crippen LogP contribution is 2.37. The predicted molar refractivity (Wildman–Crippen MR) is 77.0 cm³/mol. The molecule has 22 heavy (non-hydrogen) atoms. The van der Waals surface area contributed by atoms with Gasteiger partial charge in [0.1, 0.15) is 6.61 Å². The molecule has 0 unspecified atom stereocenters. The predicted octanol–water partition coefficient (Wildman–Crippen LogP) is 0.926. The van der Waals surface area contributed by atoms with Gasteiger partial charge in [0, 0.05) is 11.8 Å². The van der Waals surface area contributed by atoms with Crippen LogP contribution < -0.4 is 5.56 Å². The van der Waals surface area contributed by atoms with Crippen molar-refractivity contribution in [1.29, 1.82) is 0 Å². The highest BCUT2D eigenvalue weighted by molar-refractivity contribution is 5.84. The van der Waals surface area contributed by atoms with Gasteiger partial charge in [-0.25, -0.2) is 4.79 Å². The summed E-state index contributed by atoms with van der Waals surface area (Å²) in [4.78, 5) is 29.0. The highest BCUT2D eigenvalue weighted by atomic mass is 16.6. The molecule has 0 aromatic carbocycles. The maximum absolute atomic E-state index is 12.7. The van der Waals surface area contributed by atoms with Gasteiger partial charge in [-0.15, -0.1) is 0 Å². The lowest BCUT2D eigenvalue weighted by atomic mass is 9.86. The molecule has 0 saturated heterocycles. The molecule has 0 saturated carbocycles. The Morgan fingerprint density at radius 3 is 3.05 bits per heavy atom. The quantitative estimate of drug-likeness (QED) is 0.676. The van der Waals surface area contributed by atoms with Crippen LogP contribution in [0.1, 0.15) is 30.0 Å². The first kappa shape index (κ1) is 13.2. The number of nitrogens with zero attached hydrogens (tertiary/aromatic N) is 2. The number of rotatable bonds is 1. The van der Waals surface area contributed by atoms with Gasteiger partial charge in [0.25, 0.3) is 5.56 Å². The van der Waals surface area contributed by atoms with Gasteiger partial charge in [0.15, 0.2) is 5.60 Å². The number of carbonyl (C=O) groups excluding carboxylic acids is 1. The first-order chi connectivity index (χ1) is 10.6. The molecule has 0 aliphatic carbocycles. The maximum atomic E-state index is 12.7. The molecule has 6 nitrogen and oxygen atoms in total. The topological polar surface area (TPSA) is 81.4 Å². The summed E-state index contributed by atoms with van der Waals surface area (Å²) in [7, 11) is 0. The number of fused-ring (bicyclic) bond motifs is 4. The Kier molecular flexibility index (Phi) is 2.56. The second-order valence-electron chi connectivity index (χ2n) is 5.61. The molecule has 0 spiro atoms. The highest BCUT2D eigenvalue weighted by Gasteiger charge is 2.45. The summed E-state index contributed by atoms with van der Waals surface area (Å²) in [5.74, 6) is -0.703. The lowest BCUT2D eigenvalue weighted by Crippen LogP contribution is -2.44. The van der Waals surface area contributed by atoms with Crippen molar-refractivity contribution in [2.24, 2.45) is 0 Å². The number of pyridine rings is 2. The van der Waals surface area contributed by atoms with E-state index in [9.17, 15) is 14.7 Å². The zero-order valence-electron chi connectivity index (χ0n) is 12.0. The molecule has 0 fully saturated rings. The zero-order valence-corrected chi connectivity index (χ0v) is 12.0. The fourth-order valence-corrected chi connectivity index (χ4v) is 3.22. The molecule has 0 bridgehead atoms. The van der Waals surface area contributed by atoms with Gasteiger partial charge in [-0.2, -0.15) is 0 Å². The third-order valence-electron chi connectivity index (χ3n) is 4.51. The van der Waals surface area contributed by atoms with Crippen molar-refractivity contribution < 1.29 is 14.6 Å². The van der Waals surface area contributed by atoms with E-state index in [1.54, 1.807) is 23.8 Å². The molecule has 1 N–H and O–H groups in total. The molecule has 2 aliphatic heterocycles. The summed E-state index contributed by atoms with van der Waals surface area (Å²) < 4.78 is 6.63. The number of cyclic esters (lactones) is 1. The minimum absolute atomic E-state index is 0.0979. The van der Waals surface area contributed by atoms with E-state index < -0.39 is 11.6 Å². The molecular formula is C16H14N2O4. The van der Waals surface area contributed by atoms with E-state index in [0.717, 1.165) is 11.3 Å². The summed E-state index contributed by atoms with van der Waals surface area (Å²) in [5.41, 5.74) is 1.01. The molecule has 112 valence electrons. The Morgan fingerprint density at radius 2 is 2.27 bits per heavy atom. The third-order valence-corrected chi connectivity index (χ3v) is 4.51. The lowest BCUT2D eigenvalue weighted by Gasteiger charge is -2.31. The molecule has 4 rings (SSSR count). The van der Waals surface area contributed by atoms with Crippen LogP contribution in [0.25, 0.3) is 11.4 Å². The second kappa shape index (κ2) is 4.27. The van der Waals surface area contributed by atoms with Crippen LogP contribution >= 0.6 is 0 Å². The van der Waals surface area contributed by atoms with E-state index in [1.807, 2.05) is 12.1 Å². The normalized spacial score (nSPS) is 21.8. The van der Waals surface area contributed by atoms with Crippen LogP contribution in [0.5, 0.6) is 0 Å². The minimum Gasteiger partial charge on any atom is -0.458 e. The number of hydrogen-bond acceptors (Lipinski definition) is 5. The van der Waals surface area contributed by atoms with Gasteiger partial charge < -0.3 is 14.4 Å². The molecule has 1 atom stereocenters. The van der Waals surface area contributed by atoms with Crippen molar-refractivity contribution in [3.05, 3.63) is 51.4 Å². The van der Waals surface area contributed by atoms with Gasteiger partial charge in [0.2, 0.25) is 0 Å². The number of aliphatic hydroxyl groups is 1. The van der Waals surface area contributed by atoms with E-state index >= 15 is 0 Å². The molecule has 2 aromatic heterocycles. The fraction of sp³-hybridized carbons (Fsp3) is 0.312. The fourth-order valence-electron chi connectivity index (χ4n) is 3.22. The van der Waals surface area contributed by atoms with Crippen LogP contribution in [-0.4, -0.2) is 20.6 Å². The van der Waals surface area contributed by atoms with Gasteiger partial charge >= 0.3 is 5.97 Å². The van der Waals surface area contributed by atoms with Gasteiger partial charge in [0.05, 0.1) is 23.5 Å². The third kappa shape index (κ3) is 1.50. The lowest BCUT2D eigenvalue weighted by molar-refractivity contribution is -0.172. The van der Waals surface area contributed by atoms with Crippen molar-refractivity contribution in [3.63, 3.8) is 0 Å². The minimum atomic E-state index is -1.76. The molecule has 2 aliphatic rings. The Balaban J connectivity index is 2.04. The Bertz CT molecular complexity index is 871. The SMILES string of the molecule is CC[C@]1(O)C(=O)OCc2c1cc1n(c2=O)Cc2cccnc2-1. The average Bonchev–Trinajstić information content (AvgIpc) is 2.91. The van der Waals surface area contributed by atoms with E-state index in [2.05, 4.69) is 4.98 Å². The van der Waals surface area contributed by atoms with Crippen LogP contribution in [-0.2, 0) is 28.3 Å². The van der Waals surface area contributed by atoms with E-state index in [-0.39, 0.29) is 18.6 Å². The standard InChI is InChI=1S/C16H14N2O4/c1-2-16(21)11-6-12-13-9(4-3-5-17-13)7-18(12)14(19)10(11)8-22-15(16)20/h3-6,21H,2,7-8H2,1H3/t16-/m1/s1. The van der Waals surface area contributed by atoms with Crippen LogP contribution in [0.3, 0.4) is 0 Å². The maximum Gasteiger partial charge on any atom is 0.343 e. The number of ether oxygens (including phenoxy) is 1. The first-order valence-electron chi connectivity index (χ1n) is 7.17. The Morgan fingerprint density at radius 1 is 1.45 bits per heavy atom. The summed E-state index contributed by atoms with van der Waals surface area (Å²) >= 11 is 0. The van der Waals surface area contributed by atoms with Gasteiger partial charge in [-0.05, 0) is 24.1 Å². The van der Waals surface area contributed by atoms with E-state index in [1.165, 1.54) is 0 Å². The van der Waals surface area contributed by atoms with Crippen molar-refractivity contribution >= 4 is 5.97 Å². The van der Waals surface area contributed by atoms with Crippen LogP contribution in [0, 0.1) is 0 Å². The number of aromatic nitrogens is 2.